The predicted octanol–water partition coefficient (Wildman–Crippen LogP) is 3.05. The Kier molecular flexibility index (Phi) is 3.08. The Morgan fingerprint density at radius 2 is 2.25 bits per heavy atom. The second-order valence-electron chi connectivity index (χ2n) is 2.25. The second kappa shape index (κ2) is 3.89. The number of hydrogen-bond donors (Lipinski definition) is 0. The quantitative estimate of drug-likeness (QED) is 0.596. The Morgan fingerprint density at radius 1 is 1.58 bits per heavy atom. The Morgan fingerprint density at radius 3 is 2.83 bits per heavy atom. The van der Waals surface area contributed by atoms with Gasteiger partial charge in [-0.2, -0.15) is 0 Å². The van der Waals surface area contributed by atoms with Crippen LogP contribution in [0, 0.1) is 9.39 Å². The monoisotopic (exact) mass is 278 g/mol. The van der Waals surface area contributed by atoms with Gasteiger partial charge in [0.15, 0.2) is 0 Å². The maximum atomic E-state index is 12.7. The molecule has 0 radical (unpaired) electrons. The molecular formula is C9H8FIO. The van der Waals surface area contributed by atoms with Crippen molar-refractivity contribution in [2.45, 2.75) is 0 Å². The molecule has 0 N–H and O–H groups in total. The van der Waals surface area contributed by atoms with Crippen molar-refractivity contribution in [3.05, 3.63) is 39.7 Å². The molecule has 3 heteroatoms. The second-order valence-corrected chi connectivity index (χ2v) is 3.41. The van der Waals surface area contributed by atoms with Crippen molar-refractivity contribution >= 4 is 28.4 Å². The van der Waals surface area contributed by atoms with E-state index in [2.05, 4.69) is 29.2 Å². The molecule has 0 aliphatic rings. The third kappa shape index (κ3) is 1.97. The smallest absolute Gasteiger partial charge is 0.124 e. The summed E-state index contributed by atoms with van der Waals surface area (Å²) in [6.07, 6.45) is 0. The summed E-state index contributed by atoms with van der Waals surface area (Å²) in [7, 11) is 1.52. The lowest BCUT2D eigenvalue weighted by atomic mass is 10.2. The maximum Gasteiger partial charge on any atom is 0.124 e. The normalized spacial score (nSPS) is 9.58. The van der Waals surface area contributed by atoms with Crippen LogP contribution in [0.1, 0.15) is 5.56 Å². The zero-order valence-corrected chi connectivity index (χ0v) is 8.76. The average Bonchev–Trinajstić information content (AvgIpc) is 2.08. The molecule has 1 rings (SSSR count). The van der Waals surface area contributed by atoms with E-state index in [4.69, 9.17) is 4.74 Å². The van der Waals surface area contributed by atoms with Crippen molar-refractivity contribution in [1.82, 2.24) is 0 Å². The van der Waals surface area contributed by atoms with Gasteiger partial charge in [0.25, 0.3) is 0 Å². The number of rotatable bonds is 2. The molecule has 0 unspecified atom stereocenters. The molecular weight excluding hydrogens is 270 g/mol. The lowest BCUT2D eigenvalue weighted by Gasteiger charge is -2.06. The molecule has 1 nitrogen and oxygen atoms in total. The summed E-state index contributed by atoms with van der Waals surface area (Å²) >= 11 is 2.11. The van der Waals surface area contributed by atoms with Gasteiger partial charge in [0.1, 0.15) is 11.6 Å². The average molecular weight is 278 g/mol. The van der Waals surface area contributed by atoms with E-state index in [9.17, 15) is 4.39 Å². The summed E-state index contributed by atoms with van der Waals surface area (Å²) in [4.78, 5) is 0. The Bertz CT molecular complexity index is 309. The number of ether oxygens (including phenoxy) is 1. The first-order chi connectivity index (χ1) is 5.65. The SMILES string of the molecule is C=C(OC)c1cc(F)ccc1I. The highest BCUT2D eigenvalue weighted by Crippen LogP contribution is 2.20. The molecule has 64 valence electrons. The van der Waals surface area contributed by atoms with Gasteiger partial charge >= 0.3 is 0 Å². The van der Waals surface area contributed by atoms with Crippen LogP contribution in [-0.4, -0.2) is 7.11 Å². The van der Waals surface area contributed by atoms with Crippen LogP contribution in [0.4, 0.5) is 4.39 Å². The lowest BCUT2D eigenvalue weighted by molar-refractivity contribution is 0.371. The van der Waals surface area contributed by atoms with Crippen molar-refractivity contribution in [2.24, 2.45) is 0 Å². The number of methoxy groups -OCH3 is 1. The number of benzene rings is 1. The third-order valence-corrected chi connectivity index (χ3v) is 2.42. The molecule has 12 heavy (non-hydrogen) atoms. The van der Waals surface area contributed by atoms with Crippen molar-refractivity contribution in [3.8, 4) is 0 Å². The largest absolute Gasteiger partial charge is 0.497 e. The van der Waals surface area contributed by atoms with Crippen LogP contribution in [0.2, 0.25) is 0 Å². The number of hydrogen-bond acceptors (Lipinski definition) is 1. The van der Waals surface area contributed by atoms with Crippen LogP contribution in [0.25, 0.3) is 5.76 Å². The molecule has 1 aromatic carbocycles. The van der Waals surface area contributed by atoms with E-state index in [1.54, 1.807) is 6.07 Å². The molecule has 0 amide bonds. The first-order valence-corrected chi connectivity index (χ1v) is 4.41. The van der Waals surface area contributed by atoms with Crippen molar-refractivity contribution in [2.75, 3.05) is 7.11 Å². The fourth-order valence-electron chi connectivity index (χ4n) is 0.821. The molecule has 0 bridgehead atoms. The summed E-state index contributed by atoms with van der Waals surface area (Å²) in [5, 5.41) is 0. The standard InChI is InChI=1S/C9H8FIO/c1-6(12-2)8-5-7(10)3-4-9(8)11/h3-5H,1H2,2H3. The zero-order chi connectivity index (χ0) is 9.14. The van der Waals surface area contributed by atoms with Gasteiger partial charge in [-0.1, -0.05) is 6.58 Å². The van der Waals surface area contributed by atoms with E-state index in [0.29, 0.717) is 11.3 Å². The summed E-state index contributed by atoms with van der Waals surface area (Å²) in [6.45, 7) is 3.65. The molecule has 0 aliphatic heterocycles. The van der Waals surface area contributed by atoms with Crippen molar-refractivity contribution < 1.29 is 9.13 Å². The van der Waals surface area contributed by atoms with E-state index in [0.717, 1.165) is 3.57 Å². The Labute approximate surface area is 84.4 Å². The maximum absolute atomic E-state index is 12.7. The van der Waals surface area contributed by atoms with Gasteiger partial charge in [-0.15, -0.1) is 0 Å². The van der Waals surface area contributed by atoms with Crippen LogP contribution >= 0.6 is 22.6 Å². The van der Waals surface area contributed by atoms with Crippen LogP contribution in [0.15, 0.2) is 24.8 Å². The van der Waals surface area contributed by atoms with Crippen molar-refractivity contribution in [1.29, 1.82) is 0 Å². The van der Waals surface area contributed by atoms with Gasteiger partial charge in [0, 0.05) is 9.13 Å². The molecule has 0 fully saturated rings. The van der Waals surface area contributed by atoms with Gasteiger partial charge in [-0.25, -0.2) is 4.39 Å². The topological polar surface area (TPSA) is 9.23 Å². The first kappa shape index (κ1) is 9.51. The zero-order valence-electron chi connectivity index (χ0n) is 6.60. The van der Waals surface area contributed by atoms with Crippen molar-refractivity contribution in [3.63, 3.8) is 0 Å². The molecule has 0 spiro atoms. The first-order valence-electron chi connectivity index (χ1n) is 3.33. The lowest BCUT2D eigenvalue weighted by Crippen LogP contribution is -1.90. The van der Waals surface area contributed by atoms with Gasteiger partial charge in [0.05, 0.1) is 7.11 Å². The Hall–Kier alpha value is -0.580. The van der Waals surface area contributed by atoms with Crippen LogP contribution in [-0.2, 0) is 4.74 Å². The minimum absolute atomic E-state index is 0.274. The molecule has 1 aromatic rings. The highest BCUT2D eigenvalue weighted by Gasteiger charge is 2.04. The van der Waals surface area contributed by atoms with Crippen LogP contribution in [0.5, 0.6) is 0 Å². The highest BCUT2D eigenvalue weighted by atomic mass is 127. The van der Waals surface area contributed by atoms with Gasteiger partial charge in [-0.05, 0) is 40.8 Å². The van der Waals surface area contributed by atoms with E-state index >= 15 is 0 Å². The molecule has 0 aliphatic carbocycles. The third-order valence-electron chi connectivity index (χ3n) is 1.48. The van der Waals surface area contributed by atoms with E-state index in [1.165, 1.54) is 19.2 Å². The highest BCUT2D eigenvalue weighted by molar-refractivity contribution is 14.1. The van der Waals surface area contributed by atoms with Crippen LogP contribution in [0.3, 0.4) is 0 Å². The molecule has 0 aromatic heterocycles. The fraction of sp³-hybridized carbons (Fsp3) is 0.111. The summed E-state index contributed by atoms with van der Waals surface area (Å²) < 4.78 is 18.6. The molecule has 0 atom stereocenters. The van der Waals surface area contributed by atoms with E-state index < -0.39 is 0 Å². The molecule has 0 saturated carbocycles. The molecule has 0 saturated heterocycles. The minimum atomic E-state index is -0.274. The summed E-state index contributed by atoms with van der Waals surface area (Å²) in [5.41, 5.74) is 0.707. The fourth-order valence-corrected chi connectivity index (χ4v) is 1.46. The van der Waals surface area contributed by atoms with Gasteiger partial charge < -0.3 is 4.74 Å². The van der Waals surface area contributed by atoms with Gasteiger partial charge in [0.2, 0.25) is 0 Å². The molecule has 0 heterocycles. The van der Waals surface area contributed by atoms with Gasteiger partial charge in [-0.3, -0.25) is 0 Å². The van der Waals surface area contributed by atoms with E-state index in [-0.39, 0.29) is 5.82 Å². The predicted molar refractivity (Wildman–Crippen MR) is 55.2 cm³/mol. The van der Waals surface area contributed by atoms with Crippen LogP contribution < -0.4 is 0 Å². The summed E-state index contributed by atoms with van der Waals surface area (Å²) in [6, 6.07) is 4.51. The van der Waals surface area contributed by atoms with E-state index in [1.807, 2.05) is 0 Å². The summed E-state index contributed by atoms with van der Waals surface area (Å²) in [5.74, 6) is 0.211. The number of halogens is 2. The minimum Gasteiger partial charge on any atom is -0.497 e. The Balaban J connectivity index is 3.13.